The van der Waals surface area contributed by atoms with E-state index < -0.39 is 0 Å². The van der Waals surface area contributed by atoms with Crippen LogP contribution in [-0.4, -0.2) is 30.3 Å². The second kappa shape index (κ2) is 4.75. The Hall–Kier alpha value is -0.370. The normalized spacial score (nSPS) is 29.2. The maximum atomic E-state index is 10.9. The molecule has 0 radical (unpaired) electrons. The predicted octanol–water partition coefficient (Wildman–Crippen LogP) is 2.09. The summed E-state index contributed by atoms with van der Waals surface area (Å²) in [6, 6.07) is 0.646. The van der Waals surface area contributed by atoms with Gasteiger partial charge in [0.25, 0.3) is 0 Å². The molecule has 0 bridgehead atoms. The SMILES string of the molecule is CC(=O)CN(C)C1CCCC(C)C1. The molecule has 2 heteroatoms. The van der Waals surface area contributed by atoms with E-state index >= 15 is 0 Å². The second-order valence-electron chi connectivity index (χ2n) is 4.54. The zero-order chi connectivity index (χ0) is 9.84. The fourth-order valence-electron chi connectivity index (χ4n) is 2.28. The molecular formula is C11H21NO. The van der Waals surface area contributed by atoms with Crippen molar-refractivity contribution in [2.75, 3.05) is 13.6 Å². The zero-order valence-corrected chi connectivity index (χ0v) is 9.05. The molecular weight excluding hydrogens is 162 g/mol. The maximum absolute atomic E-state index is 10.9. The molecule has 0 aromatic rings. The third-order valence-corrected chi connectivity index (χ3v) is 3.00. The van der Waals surface area contributed by atoms with Crippen LogP contribution in [0.2, 0.25) is 0 Å². The number of nitrogens with zero attached hydrogens (tertiary/aromatic N) is 1. The fraction of sp³-hybridized carbons (Fsp3) is 0.909. The van der Waals surface area contributed by atoms with Crippen molar-refractivity contribution in [1.29, 1.82) is 0 Å². The van der Waals surface area contributed by atoms with Gasteiger partial charge in [0.05, 0.1) is 6.54 Å². The molecule has 1 aliphatic rings. The highest BCUT2D eigenvalue weighted by Gasteiger charge is 2.22. The molecule has 0 aromatic carbocycles. The summed E-state index contributed by atoms with van der Waals surface area (Å²) >= 11 is 0. The lowest BCUT2D eigenvalue weighted by atomic mass is 9.86. The number of Topliss-reactive ketones (excluding diaryl/α,β-unsaturated/α-hetero) is 1. The van der Waals surface area contributed by atoms with Crippen molar-refractivity contribution in [3.05, 3.63) is 0 Å². The van der Waals surface area contributed by atoms with Crippen molar-refractivity contribution in [3.63, 3.8) is 0 Å². The van der Waals surface area contributed by atoms with Gasteiger partial charge in [-0.25, -0.2) is 0 Å². The van der Waals surface area contributed by atoms with Gasteiger partial charge in [-0.3, -0.25) is 9.69 Å². The first-order valence-electron chi connectivity index (χ1n) is 5.29. The molecule has 1 fully saturated rings. The van der Waals surface area contributed by atoms with Crippen LogP contribution in [0.5, 0.6) is 0 Å². The van der Waals surface area contributed by atoms with E-state index in [1.165, 1.54) is 25.7 Å². The largest absolute Gasteiger partial charge is 0.299 e. The van der Waals surface area contributed by atoms with Crippen LogP contribution in [0.25, 0.3) is 0 Å². The molecule has 76 valence electrons. The molecule has 1 rings (SSSR count). The number of hydrogen-bond donors (Lipinski definition) is 0. The van der Waals surface area contributed by atoms with E-state index in [1.54, 1.807) is 6.92 Å². The van der Waals surface area contributed by atoms with E-state index in [-0.39, 0.29) is 5.78 Å². The monoisotopic (exact) mass is 183 g/mol. The second-order valence-corrected chi connectivity index (χ2v) is 4.54. The molecule has 0 aliphatic heterocycles. The molecule has 0 spiro atoms. The van der Waals surface area contributed by atoms with Crippen molar-refractivity contribution >= 4 is 5.78 Å². The average Bonchev–Trinajstić information content (AvgIpc) is 2.03. The Bertz CT molecular complexity index is 179. The van der Waals surface area contributed by atoms with E-state index in [0.717, 1.165) is 5.92 Å². The Morgan fingerprint density at radius 1 is 1.46 bits per heavy atom. The van der Waals surface area contributed by atoms with Crippen molar-refractivity contribution in [2.45, 2.75) is 45.6 Å². The van der Waals surface area contributed by atoms with Gasteiger partial charge in [-0.2, -0.15) is 0 Å². The number of hydrogen-bond acceptors (Lipinski definition) is 2. The summed E-state index contributed by atoms with van der Waals surface area (Å²) in [4.78, 5) is 13.2. The summed E-state index contributed by atoms with van der Waals surface area (Å²) in [7, 11) is 2.07. The average molecular weight is 183 g/mol. The van der Waals surface area contributed by atoms with Gasteiger partial charge in [-0.1, -0.05) is 19.8 Å². The van der Waals surface area contributed by atoms with Gasteiger partial charge in [0, 0.05) is 6.04 Å². The van der Waals surface area contributed by atoms with Gasteiger partial charge in [0.1, 0.15) is 5.78 Å². The minimum absolute atomic E-state index is 0.278. The number of carbonyl (C=O) groups is 1. The van der Waals surface area contributed by atoms with Crippen LogP contribution in [0.1, 0.15) is 39.5 Å². The highest BCUT2D eigenvalue weighted by Crippen LogP contribution is 2.26. The summed E-state index contributed by atoms with van der Waals surface area (Å²) in [5.41, 5.74) is 0. The molecule has 0 amide bonds. The van der Waals surface area contributed by atoms with Gasteiger partial charge < -0.3 is 0 Å². The standard InChI is InChI=1S/C11H21NO/c1-9-5-4-6-11(7-9)12(3)8-10(2)13/h9,11H,4-8H2,1-3H3. The lowest BCUT2D eigenvalue weighted by Crippen LogP contribution is -2.38. The van der Waals surface area contributed by atoms with Gasteiger partial charge in [0.15, 0.2) is 0 Å². The number of rotatable bonds is 3. The van der Waals surface area contributed by atoms with Gasteiger partial charge in [-0.05, 0) is 32.7 Å². The first-order chi connectivity index (χ1) is 6.09. The van der Waals surface area contributed by atoms with Crippen LogP contribution >= 0.6 is 0 Å². The summed E-state index contributed by atoms with van der Waals surface area (Å²) in [6.45, 7) is 4.61. The van der Waals surface area contributed by atoms with Gasteiger partial charge in [-0.15, -0.1) is 0 Å². The first-order valence-corrected chi connectivity index (χ1v) is 5.29. The minimum Gasteiger partial charge on any atom is -0.299 e. The summed E-state index contributed by atoms with van der Waals surface area (Å²) in [5.74, 6) is 1.12. The Morgan fingerprint density at radius 2 is 2.15 bits per heavy atom. The number of ketones is 1. The van der Waals surface area contributed by atoms with Crippen LogP contribution in [0.4, 0.5) is 0 Å². The Kier molecular flexibility index (Phi) is 3.91. The van der Waals surface area contributed by atoms with Crippen LogP contribution in [0.3, 0.4) is 0 Å². The van der Waals surface area contributed by atoms with E-state index in [9.17, 15) is 4.79 Å². The van der Waals surface area contributed by atoms with Crippen molar-refractivity contribution in [2.24, 2.45) is 5.92 Å². The molecule has 1 saturated carbocycles. The lowest BCUT2D eigenvalue weighted by molar-refractivity contribution is -0.118. The van der Waals surface area contributed by atoms with Gasteiger partial charge >= 0.3 is 0 Å². The molecule has 2 atom stereocenters. The zero-order valence-electron chi connectivity index (χ0n) is 9.05. The molecule has 1 aliphatic carbocycles. The van der Waals surface area contributed by atoms with Crippen LogP contribution < -0.4 is 0 Å². The summed E-state index contributed by atoms with van der Waals surface area (Å²) in [6.07, 6.45) is 5.23. The third-order valence-electron chi connectivity index (χ3n) is 3.00. The quantitative estimate of drug-likeness (QED) is 0.667. The molecule has 0 N–H and O–H groups in total. The predicted molar refractivity (Wildman–Crippen MR) is 54.7 cm³/mol. The molecule has 2 unspecified atom stereocenters. The maximum Gasteiger partial charge on any atom is 0.143 e. The van der Waals surface area contributed by atoms with Crippen LogP contribution in [0, 0.1) is 5.92 Å². The molecule has 13 heavy (non-hydrogen) atoms. The Balaban J connectivity index is 2.36. The van der Waals surface area contributed by atoms with Crippen LogP contribution in [-0.2, 0) is 4.79 Å². The Morgan fingerprint density at radius 3 is 2.69 bits per heavy atom. The molecule has 0 aromatic heterocycles. The van der Waals surface area contributed by atoms with Crippen molar-refractivity contribution in [3.8, 4) is 0 Å². The summed E-state index contributed by atoms with van der Waals surface area (Å²) < 4.78 is 0. The lowest BCUT2D eigenvalue weighted by Gasteiger charge is -2.33. The number of carbonyl (C=O) groups excluding carboxylic acids is 1. The highest BCUT2D eigenvalue weighted by atomic mass is 16.1. The highest BCUT2D eigenvalue weighted by molar-refractivity contribution is 5.77. The third kappa shape index (κ3) is 3.47. The van der Waals surface area contributed by atoms with Crippen molar-refractivity contribution < 1.29 is 4.79 Å². The van der Waals surface area contributed by atoms with E-state index in [2.05, 4.69) is 18.9 Å². The minimum atomic E-state index is 0.278. The van der Waals surface area contributed by atoms with Gasteiger partial charge in [0.2, 0.25) is 0 Å². The summed E-state index contributed by atoms with van der Waals surface area (Å²) in [5, 5.41) is 0. The molecule has 2 nitrogen and oxygen atoms in total. The van der Waals surface area contributed by atoms with Crippen LogP contribution in [0.15, 0.2) is 0 Å². The topological polar surface area (TPSA) is 20.3 Å². The smallest absolute Gasteiger partial charge is 0.143 e. The molecule has 0 saturated heterocycles. The van der Waals surface area contributed by atoms with E-state index in [0.29, 0.717) is 12.6 Å². The van der Waals surface area contributed by atoms with E-state index in [1.807, 2.05) is 0 Å². The first kappa shape index (κ1) is 10.7. The number of likely N-dealkylation sites (N-methyl/N-ethyl adjacent to an activating group) is 1. The Labute approximate surface area is 81.3 Å². The van der Waals surface area contributed by atoms with E-state index in [4.69, 9.17) is 0 Å². The molecule has 0 heterocycles. The fourth-order valence-corrected chi connectivity index (χ4v) is 2.28. The van der Waals surface area contributed by atoms with Crippen molar-refractivity contribution in [1.82, 2.24) is 4.90 Å².